The van der Waals surface area contributed by atoms with Crippen molar-refractivity contribution in [2.75, 3.05) is 6.54 Å². The van der Waals surface area contributed by atoms with Gasteiger partial charge in [-0.15, -0.1) is 0 Å². The number of carbonyl (C=O) groups is 5. The lowest BCUT2D eigenvalue weighted by Crippen LogP contribution is -2.58. The van der Waals surface area contributed by atoms with E-state index in [0.717, 1.165) is 6.92 Å². The van der Waals surface area contributed by atoms with Gasteiger partial charge in [0.25, 0.3) is 0 Å². The van der Waals surface area contributed by atoms with Crippen LogP contribution in [0.25, 0.3) is 0 Å². The SMILES string of the molecule is CC(O)C(NC(=O)C(CC(N)=O)NC(=O)C(Cc1ccccc1)NC(=O)CN)C(=O)O. The summed E-state index contributed by atoms with van der Waals surface area (Å²) in [6.45, 7) is 0.775. The van der Waals surface area contributed by atoms with E-state index in [1.807, 2.05) is 5.32 Å². The maximum Gasteiger partial charge on any atom is 0.328 e. The van der Waals surface area contributed by atoms with E-state index in [2.05, 4.69) is 10.6 Å². The molecule has 0 radical (unpaired) electrons. The van der Waals surface area contributed by atoms with Crippen LogP contribution in [0.4, 0.5) is 0 Å². The van der Waals surface area contributed by atoms with Crippen molar-refractivity contribution in [2.24, 2.45) is 11.5 Å². The second kappa shape index (κ2) is 12.2. The summed E-state index contributed by atoms with van der Waals surface area (Å²) in [7, 11) is 0. The molecule has 1 rings (SSSR count). The minimum Gasteiger partial charge on any atom is -0.480 e. The molecule has 0 aliphatic carbocycles. The molecule has 1 aromatic carbocycles. The fraction of sp³-hybridized carbons (Fsp3) is 0.421. The van der Waals surface area contributed by atoms with Crippen LogP contribution < -0.4 is 27.4 Å². The number of aliphatic hydroxyl groups excluding tert-OH is 1. The minimum absolute atomic E-state index is 0.0642. The summed E-state index contributed by atoms with van der Waals surface area (Å²) in [4.78, 5) is 59.6. The molecule has 0 spiro atoms. The lowest BCUT2D eigenvalue weighted by Gasteiger charge is -2.24. The zero-order valence-corrected chi connectivity index (χ0v) is 16.9. The Morgan fingerprint density at radius 3 is 2.03 bits per heavy atom. The van der Waals surface area contributed by atoms with Crippen LogP contribution in [0.3, 0.4) is 0 Å². The van der Waals surface area contributed by atoms with Crippen LogP contribution in [-0.4, -0.2) is 70.6 Å². The quantitative estimate of drug-likeness (QED) is 0.178. The number of nitrogens with two attached hydrogens (primary N) is 2. The molecule has 12 nitrogen and oxygen atoms in total. The molecule has 0 fully saturated rings. The van der Waals surface area contributed by atoms with Gasteiger partial charge < -0.3 is 37.6 Å². The highest BCUT2D eigenvalue weighted by Gasteiger charge is 2.32. The molecule has 170 valence electrons. The van der Waals surface area contributed by atoms with E-state index < -0.39 is 60.2 Å². The van der Waals surface area contributed by atoms with Gasteiger partial charge in [-0.05, 0) is 12.5 Å². The topological polar surface area (TPSA) is 214 Å². The third kappa shape index (κ3) is 8.80. The number of aliphatic carboxylic acids is 1. The summed E-state index contributed by atoms with van der Waals surface area (Å²) in [6.07, 6.45) is -2.01. The predicted molar refractivity (Wildman–Crippen MR) is 108 cm³/mol. The molecule has 12 heteroatoms. The zero-order valence-electron chi connectivity index (χ0n) is 16.9. The minimum atomic E-state index is -1.67. The van der Waals surface area contributed by atoms with Crippen molar-refractivity contribution in [3.8, 4) is 0 Å². The van der Waals surface area contributed by atoms with Gasteiger partial charge in [-0.3, -0.25) is 19.2 Å². The average Bonchev–Trinajstić information content (AvgIpc) is 2.70. The van der Waals surface area contributed by atoms with Gasteiger partial charge in [0, 0.05) is 6.42 Å². The summed E-state index contributed by atoms with van der Waals surface area (Å²) in [5.41, 5.74) is 11.1. The highest BCUT2D eigenvalue weighted by Crippen LogP contribution is 2.05. The number of amides is 4. The Morgan fingerprint density at radius 1 is 0.968 bits per heavy atom. The molecule has 0 bridgehead atoms. The number of rotatable bonds is 12. The van der Waals surface area contributed by atoms with Crippen molar-refractivity contribution < 1.29 is 34.2 Å². The van der Waals surface area contributed by atoms with E-state index in [1.165, 1.54) is 0 Å². The molecule has 4 unspecified atom stereocenters. The Balaban J connectivity index is 3.03. The van der Waals surface area contributed by atoms with Gasteiger partial charge in [-0.2, -0.15) is 0 Å². The molecule has 0 saturated carbocycles. The third-order valence-electron chi connectivity index (χ3n) is 4.20. The fourth-order valence-corrected chi connectivity index (χ4v) is 2.64. The summed E-state index contributed by atoms with van der Waals surface area (Å²) in [5.74, 6) is -4.91. The first kappa shape index (κ1) is 25.5. The van der Waals surface area contributed by atoms with Crippen LogP contribution in [0.15, 0.2) is 30.3 Å². The monoisotopic (exact) mass is 437 g/mol. The number of primary amides is 1. The maximum atomic E-state index is 12.8. The van der Waals surface area contributed by atoms with Crippen molar-refractivity contribution in [2.45, 2.75) is 44.0 Å². The van der Waals surface area contributed by atoms with Gasteiger partial charge in [0.05, 0.1) is 19.1 Å². The number of hydrogen-bond acceptors (Lipinski definition) is 7. The Labute approximate surface area is 178 Å². The van der Waals surface area contributed by atoms with E-state index in [-0.39, 0.29) is 13.0 Å². The van der Waals surface area contributed by atoms with Crippen LogP contribution in [0.1, 0.15) is 18.9 Å². The number of benzene rings is 1. The van der Waals surface area contributed by atoms with Crippen LogP contribution in [0, 0.1) is 0 Å². The lowest BCUT2D eigenvalue weighted by molar-refractivity contribution is -0.145. The predicted octanol–water partition coefficient (Wildman–Crippen LogP) is -3.02. The molecule has 4 amide bonds. The standard InChI is InChI=1S/C19H27N5O7/c1-10(25)16(19(30)31)24-18(29)13(8-14(21)26)23-17(28)12(22-15(27)9-20)7-11-5-3-2-4-6-11/h2-6,10,12-13,16,25H,7-9,20H2,1H3,(H2,21,26)(H,22,27)(H,23,28)(H,24,29)(H,30,31). The van der Waals surface area contributed by atoms with Crippen molar-refractivity contribution in [3.05, 3.63) is 35.9 Å². The molecule has 9 N–H and O–H groups in total. The van der Waals surface area contributed by atoms with Crippen LogP contribution >= 0.6 is 0 Å². The number of hydrogen-bond donors (Lipinski definition) is 7. The van der Waals surface area contributed by atoms with E-state index >= 15 is 0 Å². The van der Waals surface area contributed by atoms with Crippen molar-refractivity contribution in [1.82, 2.24) is 16.0 Å². The molecule has 31 heavy (non-hydrogen) atoms. The van der Waals surface area contributed by atoms with Crippen molar-refractivity contribution >= 4 is 29.6 Å². The van der Waals surface area contributed by atoms with Crippen LogP contribution in [-0.2, 0) is 30.4 Å². The maximum absolute atomic E-state index is 12.8. The molecule has 4 atom stereocenters. The molecule has 0 saturated heterocycles. The van der Waals surface area contributed by atoms with E-state index in [0.29, 0.717) is 5.56 Å². The Bertz CT molecular complexity index is 800. The van der Waals surface area contributed by atoms with E-state index in [1.54, 1.807) is 30.3 Å². The second-order valence-corrected chi connectivity index (χ2v) is 6.81. The second-order valence-electron chi connectivity index (χ2n) is 6.81. The van der Waals surface area contributed by atoms with E-state index in [4.69, 9.17) is 16.6 Å². The molecule has 0 heterocycles. The molecular weight excluding hydrogens is 410 g/mol. The largest absolute Gasteiger partial charge is 0.480 e. The molecule has 1 aromatic rings. The van der Waals surface area contributed by atoms with Gasteiger partial charge >= 0.3 is 5.97 Å². The summed E-state index contributed by atoms with van der Waals surface area (Å²) in [6, 6.07) is 4.36. The number of carboxylic acids is 1. The first-order chi connectivity index (χ1) is 14.5. The van der Waals surface area contributed by atoms with Gasteiger partial charge in [0.2, 0.25) is 23.6 Å². The number of nitrogens with one attached hydrogen (secondary N) is 3. The average molecular weight is 437 g/mol. The highest BCUT2D eigenvalue weighted by molar-refractivity contribution is 5.96. The van der Waals surface area contributed by atoms with Gasteiger partial charge in [0.1, 0.15) is 12.1 Å². The van der Waals surface area contributed by atoms with Gasteiger partial charge in [-0.1, -0.05) is 30.3 Å². The Morgan fingerprint density at radius 2 is 1.55 bits per heavy atom. The fourth-order valence-electron chi connectivity index (χ4n) is 2.64. The first-order valence-electron chi connectivity index (χ1n) is 9.38. The van der Waals surface area contributed by atoms with Gasteiger partial charge in [0.15, 0.2) is 6.04 Å². The summed E-state index contributed by atoms with van der Waals surface area (Å²) >= 11 is 0. The number of aliphatic hydroxyl groups is 1. The first-order valence-corrected chi connectivity index (χ1v) is 9.38. The van der Waals surface area contributed by atoms with Crippen molar-refractivity contribution in [3.63, 3.8) is 0 Å². The van der Waals surface area contributed by atoms with Gasteiger partial charge in [-0.25, -0.2) is 4.79 Å². The Hall–Kier alpha value is -3.51. The number of carbonyl (C=O) groups excluding carboxylic acids is 4. The normalized spacial score (nSPS) is 14.4. The van der Waals surface area contributed by atoms with Crippen LogP contribution in [0.5, 0.6) is 0 Å². The highest BCUT2D eigenvalue weighted by atomic mass is 16.4. The molecular formula is C19H27N5O7. The molecule has 0 aliphatic heterocycles. The number of carboxylic acid groups (broad SMARTS) is 1. The van der Waals surface area contributed by atoms with Crippen LogP contribution in [0.2, 0.25) is 0 Å². The van der Waals surface area contributed by atoms with E-state index in [9.17, 15) is 29.1 Å². The Kier molecular flexibility index (Phi) is 10.1. The molecule has 0 aliphatic rings. The van der Waals surface area contributed by atoms with Crippen molar-refractivity contribution in [1.29, 1.82) is 0 Å². The lowest BCUT2D eigenvalue weighted by atomic mass is 10.0. The zero-order chi connectivity index (χ0) is 23.6. The smallest absolute Gasteiger partial charge is 0.328 e. The summed E-state index contributed by atoms with van der Waals surface area (Å²) in [5, 5.41) is 25.4. The molecule has 0 aromatic heterocycles. The third-order valence-corrected chi connectivity index (χ3v) is 4.20. The summed E-state index contributed by atoms with van der Waals surface area (Å²) < 4.78 is 0.